The molecule has 2 aliphatic rings. The van der Waals surface area contributed by atoms with E-state index in [1.54, 1.807) is 0 Å². The molecule has 92 valence electrons. The first kappa shape index (κ1) is 11.7. The lowest BCUT2D eigenvalue weighted by Gasteiger charge is -2.39. The number of hydrogen-bond acceptors (Lipinski definition) is 2. The van der Waals surface area contributed by atoms with Crippen LogP contribution in [0.4, 0.5) is 4.79 Å². The lowest BCUT2D eigenvalue weighted by atomic mass is 9.76. The van der Waals surface area contributed by atoms with E-state index < -0.39 is 0 Å². The third-order valence-corrected chi connectivity index (χ3v) is 3.77. The van der Waals surface area contributed by atoms with Gasteiger partial charge < -0.3 is 16.4 Å². The fourth-order valence-electron chi connectivity index (χ4n) is 2.70. The standard InChI is InChI=1S/C12H23N3O/c1-9-3-2-6-12(7-9,8-13)15-11(16)14-10-4-5-10/h9-10H,2-8,13H2,1H3,(H2,14,15,16). The van der Waals surface area contributed by atoms with Crippen LogP contribution in [0.1, 0.15) is 45.4 Å². The van der Waals surface area contributed by atoms with Gasteiger partial charge in [-0.25, -0.2) is 4.79 Å². The van der Waals surface area contributed by atoms with Gasteiger partial charge in [0.2, 0.25) is 0 Å². The van der Waals surface area contributed by atoms with E-state index in [1.807, 2.05) is 0 Å². The fourth-order valence-corrected chi connectivity index (χ4v) is 2.70. The number of amides is 2. The highest BCUT2D eigenvalue weighted by atomic mass is 16.2. The minimum absolute atomic E-state index is 0.0259. The molecular weight excluding hydrogens is 202 g/mol. The molecule has 2 aliphatic carbocycles. The van der Waals surface area contributed by atoms with Crippen LogP contribution in [0.2, 0.25) is 0 Å². The molecule has 0 aromatic heterocycles. The minimum atomic E-state index is -0.156. The average Bonchev–Trinajstić information content (AvgIpc) is 3.01. The lowest BCUT2D eigenvalue weighted by Crippen LogP contribution is -2.58. The van der Waals surface area contributed by atoms with E-state index in [2.05, 4.69) is 17.6 Å². The zero-order chi connectivity index (χ0) is 11.6. The second-order valence-corrected chi connectivity index (χ2v) is 5.56. The van der Waals surface area contributed by atoms with Crippen LogP contribution in [0.3, 0.4) is 0 Å². The van der Waals surface area contributed by atoms with Gasteiger partial charge in [-0.05, 0) is 31.6 Å². The highest BCUT2D eigenvalue weighted by Gasteiger charge is 2.36. The number of nitrogens with one attached hydrogen (secondary N) is 2. The highest BCUT2D eigenvalue weighted by Crippen LogP contribution is 2.31. The zero-order valence-corrected chi connectivity index (χ0v) is 10.1. The van der Waals surface area contributed by atoms with Crippen molar-refractivity contribution < 1.29 is 4.79 Å². The van der Waals surface area contributed by atoms with Crippen LogP contribution in [0.15, 0.2) is 0 Å². The molecule has 16 heavy (non-hydrogen) atoms. The molecule has 2 fully saturated rings. The topological polar surface area (TPSA) is 67.1 Å². The minimum Gasteiger partial charge on any atom is -0.335 e. The van der Waals surface area contributed by atoms with Crippen LogP contribution in [0.25, 0.3) is 0 Å². The van der Waals surface area contributed by atoms with Crippen LogP contribution in [0.5, 0.6) is 0 Å². The Morgan fingerprint density at radius 2 is 2.19 bits per heavy atom. The Morgan fingerprint density at radius 3 is 2.75 bits per heavy atom. The van der Waals surface area contributed by atoms with Crippen molar-refractivity contribution in [2.24, 2.45) is 11.7 Å². The highest BCUT2D eigenvalue weighted by molar-refractivity contribution is 5.75. The summed E-state index contributed by atoms with van der Waals surface area (Å²) in [4.78, 5) is 11.8. The van der Waals surface area contributed by atoms with E-state index in [1.165, 1.54) is 12.8 Å². The van der Waals surface area contributed by atoms with E-state index >= 15 is 0 Å². The summed E-state index contributed by atoms with van der Waals surface area (Å²) in [5.74, 6) is 0.665. The maximum atomic E-state index is 11.8. The van der Waals surface area contributed by atoms with Gasteiger partial charge in [-0.3, -0.25) is 0 Å². The molecule has 4 heteroatoms. The molecule has 0 aromatic rings. The average molecular weight is 225 g/mol. The SMILES string of the molecule is CC1CCCC(CN)(NC(=O)NC2CC2)C1. The summed E-state index contributed by atoms with van der Waals surface area (Å²) in [6.45, 7) is 2.79. The van der Waals surface area contributed by atoms with Gasteiger partial charge in [-0.2, -0.15) is 0 Å². The first-order valence-electron chi connectivity index (χ1n) is 6.42. The number of nitrogens with two attached hydrogens (primary N) is 1. The van der Waals surface area contributed by atoms with Gasteiger partial charge in [-0.1, -0.05) is 19.8 Å². The van der Waals surface area contributed by atoms with Gasteiger partial charge in [0.15, 0.2) is 0 Å². The van der Waals surface area contributed by atoms with Crippen LogP contribution in [0, 0.1) is 5.92 Å². The van der Waals surface area contributed by atoms with Crippen molar-refractivity contribution in [3.05, 3.63) is 0 Å². The van der Waals surface area contributed by atoms with E-state index in [4.69, 9.17) is 5.73 Å². The van der Waals surface area contributed by atoms with Crippen molar-refractivity contribution in [3.63, 3.8) is 0 Å². The van der Waals surface area contributed by atoms with Crippen molar-refractivity contribution >= 4 is 6.03 Å². The molecule has 4 N–H and O–H groups in total. The largest absolute Gasteiger partial charge is 0.335 e. The summed E-state index contributed by atoms with van der Waals surface area (Å²) in [5, 5.41) is 6.08. The molecule has 0 bridgehead atoms. The molecule has 0 heterocycles. The molecular formula is C12H23N3O. The number of rotatable bonds is 3. The summed E-state index contributed by atoms with van der Waals surface area (Å²) >= 11 is 0. The third kappa shape index (κ3) is 2.88. The lowest BCUT2D eigenvalue weighted by molar-refractivity contribution is 0.183. The summed E-state index contributed by atoms with van der Waals surface area (Å²) in [6, 6.07) is 0.387. The van der Waals surface area contributed by atoms with Crippen molar-refractivity contribution in [3.8, 4) is 0 Å². The van der Waals surface area contributed by atoms with Gasteiger partial charge >= 0.3 is 6.03 Å². The van der Waals surface area contributed by atoms with Crippen molar-refractivity contribution in [1.29, 1.82) is 0 Å². The van der Waals surface area contributed by atoms with E-state index in [-0.39, 0.29) is 11.6 Å². The summed E-state index contributed by atoms with van der Waals surface area (Å²) < 4.78 is 0. The van der Waals surface area contributed by atoms with E-state index in [0.717, 1.165) is 25.7 Å². The van der Waals surface area contributed by atoms with Gasteiger partial charge in [-0.15, -0.1) is 0 Å². The normalized spacial score (nSPS) is 34.5. The van der Waals surface area contributed by atoms with Gasteiger partial charge in [0.25, 0.3) is 0 Å². The number of urea groups is 1. The molecule has 0 radical (unpaired) electrons. The molecule has 0 aliphatic heterocycles. The maximum Gasteiger partial charge on any atom is 0.315 e. The van der Waals surface area contributed by atoms with Crippen LogP contribution < -0.4 is 16.4 Å². The zero-order valence-electron chi connectivity index (χ0n) is 10.1. The number of carbonyl (C=O) groups is 1. The Kier molecular flexibility index (Phi) is 3.38. The second kappa shape index (κ2) is 4.62. The molecule has 0 aromatic carbocycles. The van der Waals surface area contributed by atoms with Crippen LogP contribution in [-0.4, -0.2) is 24.2 Å². The monoisotopic (exact) mass is 225 g/mol. The Bertz CT molecular complexity index is 265. The first-order chi connectivity index (χ1) is 7.63. The maximum absolute atomic E-state index is 11.8. The fraction of sp³-hybridized carbons (Fsp3) is 0.917. The Labute approximate surface area is 97.3 Å². The molecule has 2 unspecified atom stereocenters. The van der Waals surface area contributed by atoms with Crippen LogP contribution in [-0.2, 0) is 0 Å². The Morgan fingerprint density at radius 1 is 1.44 bits per heavy atom. The molecule has 2 amide bonds. The summed E-state index contributed by atoms with van der Waals surface area (Å²) in [7, 11) is 0. The quantitative estimate of drug-likeness (QED) is 0.679. The Balaban J connectivity index is 1.88. The number of hydrogen-bond donors (Lipinski definition) is 3. The molecule has 0 spiro atoms. The summed E-state index contributed by atoms with van der Waals surface area (Å²) in [6.07, 6.45) is 6.71. The molecule has 0 saturated heterocycles. The Hall–Kier alpha value is -0.770. The van der Waals surface area contributed by atoms with Crippen molar-refractivity contribution in [2.45, 2.75) is 57.0 Å². The predicted molar refractivity (Wildman–Crippen MR) is 64.1 cm³/mol. The van der Waals surface area contributed by atoms with Crippen molar-refractivity contribution in [1.82, 2.24) is 10.6 Å². The molecule has 2 rings (SSSR count). The molecule has 2 atom stereocenters. The smallest absolute Gasteiger partial charge is 0.315 e. The van der Waals surface area contributed by atoms with Crippen LogP contribution >= 0.6 is 0 Å². The van der Waals surface area contributed by atoms with E-state index in [0.29, 0.717) is 18.5 Å². The number of carbonyl (C=O) groups excluding carboxylic acids is 1. The second-order valence-electron chi connectivity index (χ2n) is 5.56. The third-order valence-electron chi connectivity index (χ3n) is 3.77. The molecule has 2 saturated carbocycles. The predicted octanol–water partition coefficient (Wildman–Crippen LogP) is 1.36. The van der Waals surface area contributed by atoms with E-state index in [9.17, 15) is 4.79 Å². The van der Waals surface area contributed by atoms with Gasteiger partial charge in [0, 0.05) is 12.6 Å². The van der Waals surface area contributed by atoms with Gasteiger partial charge in [0.1, 0.15) is 0 Å². The summed E-state index contributed by atoms with van der Waals surface area (Å²) in [5.41, 5.74) is 5.70. The van der Waals surface area contributed by atoms with Crippen molar-refractivity contribution in [2.75, 3.05) is 6.54 Å². The first-order valence-corrected chi connectivity index (χ1v) is 6.42. The van der Waals surface area contributed by atoms with Gasteiger partial charge in [0.05, 0.1) is 5.54 Å². The molecule has 4 nitrogen and oxygen atoms in total.